The van der Waals surface area contributed by atoms with E-state index in [-0.39, 0.29) is 11.7 Å². The monoisotopic (exact) mass is 370 g/mol. The first-order valence-corrected chi connectivity index (χ1v) is 9.68. The molecule has 0 bridgehead atoms. The Labute approximate surface area is 161 Å². The topological polar surface area (TPSA) is 52.4 Å². The molecule has 0 atom stereocenters. The van der Waals surface area contributed by atoms with Crippen molar-refractivity contribution in [3.05, 3.63) is 30.4 Å². The van der Waals surface area contributed by atoms with Gasteiger partial charge in [-0.1, -0.05) is 27.7 Å². The van der Waals surface area contributed by atoms with E-state index >= 15 is 0 Å². The normalized spacial score (nSPS) is 21.9. The van der Waals surface area contributed by atoms with Gasteiger partial charge in [0.1, 0.15) is 5.69 Å². The number of hydrogen-bond acceptors (Lipinski definition) is 5. The second-order valence-corrected chi connectivity index (χ2v) is 9.55. The van der Waals surface area contributed by atoms with Crippen molar-refractivity contribution < 1.29 is 9.47 Å². The lowest BCUT2D eigenvalue weighted by atomic mass is 9.84. The molecule has 2 aromatic rings. The average molecular weight is 370 g/mol. The van der Waals surface area contributed by atoms with E-state index in [0.29, 0.717) is 25.2 Å². The molecule has 4 rings (SSSR count). The van der Waals surface area contributed by atoms with Crippen LogP contribution in [0.4, 0.5) is 5.69 Å². The molecule has 0 unspecified atom stereocenters. The summed E-state index contributed by atoms with van der Waals surface area (Å²) in [5.41, 5.74) is 4.66. The summed E-state index contributed by atoms with van der Waals surface area (Å²) >= 11 is 0. The Bertz CT molecular complexity index is 809. The Balaban J connectivity index is 1.42. The van der Waals surface area contributed by atoms with Crippen molar-refractivity contribution in [2.45, 2.75) is 47.5 Å². The molecule has 2 aliphatic heterocycles. The number of nitrogens with zero attached hydrogens (tertiary/aromatic N) is 4. The van der Waals surface area contributed by atoms with Gasteiger partial charge in [-0.3, -0.25) is 4.98 Å². The summed E-state index contributed by atoms with van der Waals surface area (Å²) in [4.78, 5) is 11.6. The number of aromatic nitrogens is 3. The molecule has 4 heterocycles. The predicted molar refractivity (Wildman–Crippen MR) is 106 cm³/mol. The van der Waals surface area contributed by atoms with Gasteiger partial charge >= 0.3 is 0 Å². The Morgan fingerprint density at radius 2 is 1.78 bits per heavy atom. The van der Waals surface area contributed by atoms with E-state index in [0.717, 1.165) is 30.0 Å². The quantitative estimate of drug-likeness (QED) is 0.824. The molecule has 6 heteroatoms. The van der Waals surface area contributed by atoms with Crippen molar-refractivity contribution in [2.75, 3.05) is 31.2 Å². The molecular formula is C21H30N4O2. The van der Waals surface area contributed by atoms with Crippen LogP contribution in [0, 0.1) is 17.8 Å². The number of hydrogen-bond donors (Lipinski definition) is 0. The zero-order valence-corrected chi connectivity index (χ0v) is 17.0. The molecule has 0 saturated carbocycles. The predicted octanol–water partition coefficient (Wildman–Crippen LogP) is 3.50. The second-order valence-electron chi connectivity index (χ2n) is 9.55. The van der Waals surface area contributed by atoms with E-state index in [1.54, 1.807) is 0 Å². The van der Waals surface area contributed by atoms with Crippen LogP contribution in [0.25, 0.3) is 11.4 Å². The minimum Gasteiger partial charge on any atom is -0.369 e. The van der Waals surface area contributed by atoms with Gasteiger partial charge in [0.15, 0.2) is 6.29 Å². The number of aryl methyl sites for hydroxylation is 1. The first-order chi connectivity index (χ1) is 12.7. The molecule has 0 spiro atoms. The van der Waals surface area contributed by atoms with E-state index in [1.807, 2.05) is 23.3 Å². The van der Waals surface area contributed by atoms with Gasteiger partial charge in [0.25, 0.3) is 0 Å². The molecule has 146 valence electrons. The highest BCUT2D eigenvalue weighted by Crippen LogP contribution is 2.34. The second kappa shape index (κ2) is 6.60. The number of ether oxygens (including phenoxy) is 2. The van der Waals surface area contributed by atoms with Gasteiger partial charge in [0.05, 0.1) is 43.7 Å². The van der Waals surface area contributed by atoms with Crippen molar-refractivity contribution in [2.24, 2.45) is 10.8 Å². The summed E-state index contributed by atoms with van der Waals surface area (Å²) in [6.45, 7) is 15.2. The molecule has 0 N–H and O–H groups in total. The highest BCUT2D eigenvalue weighted by molar-refractivity contribution is 5.62. The van der Waals surface area contributed by atoms with Crippen LogP contribution >= 0.6 is 0 Å². The highest BCUT2D eigenvalue weighted by Gasteiger charge is 2.34. The standard InChI is InChI=1S/C21H30N4O2/c1-15-6-16(25-10-20(2,3)11-25)7-22-19(15)17-8-24(14-23-17)9-18-26-12-21(4,5)13-27-18/h6-8,14,18H,9-13H2,1-5H3. The van der Waals surface area contributed by atoms with Crippen LogP contribution in [0.1, 0.15) is 33.3 Å². The van der Waals surface area contributed by atoms with Gasteiger partial charge in [-0.15, -0.1) is 0 Å². The summed E-state index contributed by atoms with van der Waals surface area (Å²) in [5.74, 6) is 0. The first kappa shape index (κ1) is 18.4. The van der Waals surface area contributed by atoms with Crippen LogP contribution in [-0.2, 0) is 16.0 Å². The van der Waals surface area contributed by atoms with Crippen molar-refractivity contribution in [3.8, 4) is 11.4 Å². The molecule has 0 aliphatic carbocycles. The lowest BCUT2D eigenvalue weighted by Gasteiger charge is -2.47. The molecule has 2 fully saturated rings. The molecule has 0 aromatic carbocycles. The number of pyridine rings is 1. The molecule has 2 saturated heterocycles. The van der Waals surface area contributed by atoms with Crippen LogP contribution < -0.4 is 4.90 Å². The van der Waals surface area contributed by atoms with Crippen LogP contribution in [-0.4, -0.2) is 47.1 Å². The zero-order valence-electron chi connectivity index (χ0n) is 17.0. The molecule has 27 heavy (non-hydrogen) atoms. The third-order valence-electron chi connectivity index (χ3n) is 5.22. The molecule has 6 nitrogen and oxygen atoms in total. The van der Waals surface area contributed by atoms with Crippen LogP contribution in [0.2, 0.25) is 0 Å². The maximum atomic E-state index is 5.82. The van der Waals surface area contributed by atoms with Gasteiger partial charge in [0, 0.05) is 24.7 Å². The Morgan fingerprint density at radius 1 is 1.07 bits per heavy atom. The van der Waals surface area contributed by atoms with Gasteiger partial charge < -0.3 is 18.9 Å². The van der Waals surface area contributed by atoms with Crippen molar-refractivity contribution in [3.63, 3.8) is 0 Å². The zero-order chi connectivity index (χ0) is 19.2. The van der Waals surface area contributed by atoms with E-state index < -0.39 is 0 Å². The Kier molecular flexibility index (Phi) is 4.51. The fourth-order valence-electron chi connectivity index (χ4n) is 3.76. The van der Waals surface area contributed by atoms with E-state index in [1.165, 1.54) is 5.69 Å². The van der Waals surface area contributed by atoms with Gasteiger partial charge in [-0.2, -0.15) is 0 Å². The third kappa shape index (κ3) is 4.01. The van der Waals surface area contributed by atoms with Crippen molar-refractivity contribution in [1.29, 1.82) is 0 Å². The maximum absolute atomic E-state index is 5.82. The summed E-state index contributed by atoms with van der Waals surface area (Å²) in [6, 6.07) is 2.21. The maximum Gasteiger partial charge on any atom is 0.175 e. The Hall–Kier alpha value is -1.92. The fraction of sp³-hybridized carbons (Fsp3) is 0.619. The molecular weight excluding hydrogens is 340 g/mol. The van der Waals surface area contributed by atoms with E-state index in [9.17, 15) is 0 Å². The van der Waals surface area contributed by atoms with Gasteiger partial charge in [-0.05, 0) is 24.0 Å². The average Bonchev–Trinajstić information content (AvgIpc) is 3.02. The minimum atomic E-state index is -0.216. The third-order valence-corrected chi connectivity index (χ3v) is 5.22. The Morgan fingerprint density at radius 3 is 2.41 bits per heavy atom. The summed E-state index contributed by atoms with van der Waals surface area (Å²) < 4.78 is 13.7. The molecule has 0 radical (unpaired) electrons. The number of imidazole rings is 1. The largest absolute Gasteiger partial charge is 0.369 e. The molecule has 0 amide bonds. The summed E-state index contributed by atoms with van der Waals surface area (Å²) in [6.07, 6.45) is 5.60. The van der Waals surface area contributed by atoms with E-state index in [4.69, 9.17) is 14.5 Å². The first-order valence-electron chi connectivity index (χ1n) is 9.68. The van der Waals surface area contributed by atoms with Gasteiger partial charge in [-0.25, -0.2) is 4.98 Å². The van der Waals surface area contributed by atoms with Crippen molar-refractivity contribution in [1.82, 2.24) is 14.5 Å². The van der Waals surface area contributed by atoms with Crippen molar-refractivity contribution >= 4 is 5.69 Å². The lowest BCUT2D eigenvalue weighted by molar-refractivity contribution is -0.226. The minimum absolute atomic E-state index is 0.0883. The van der Waals surface area contributed by atoms with Crippen LogP contribution in [0.3, 0.4) is 0 Å². The van der Waals surface area contributed by atoms with E-state index in [2.05, 4.69) is 50.6 Å². The molecule has 2 aromatic heterocycles. The lowest BCUT2D eigenvalue weighted by Crippen LogP contribution is -2.53. The number of anilines is 1. The smallest absolute Gasteiger partial charge is 0.175 e. The fourth-order valence-corrected chi connectivity index (χ4v) is 3.76. The highest BCUT2D eigenvalue weighted by atomic mass is 16.7. The van der Waals surface area contributed by atoms with Crippen LogP contribution in [0.5, 0.6) is 0 Å². The van der Waals surface area contributed by atoms with Crippen LogP contribution in [0.15, 0.2) is 24.8 Å². The number of rotatable bonds is 4. The SMILES string of the molecule is Cc1cc(N2CC(C)(C)C2)cnc1-c1cn(CC2OCC(C)(C)CO2)cn1. The van der Waals surface area contributed by atoms with Gasteiger partial charge in [0.2, 0.25) is 0 Å². The summed E-state index contributed by atoms with van der Waals surface area (Å²) in [5, 5.41) is 0. The molecule has 2 aliphatic rings. The summed E-state index contributed by atoms with van der Waals surface area (Å²) in [7, 11) is 0.